The number of benzene rings is 1. The summed E-state index contributed by atoms with van der Waals surface area (Å²) in [6.45, 7) is 0. The Hall–Kier alpha value is -2.10. The minimum absolute atomic E-state index is 0.110. The SMILES string of the molecule is COc1ccccc1-c1noc2c1C(=O)CCC2. The summed E-state index contributed by atoms with van der Waals surface area (Å²) in [5.74, 6) is 1.51. The number of carbonyl (C=O) groups excluding carboxylic acids is 1. The van der Waals surface area contributed by atoms with E-state index < -0.39 is 0 Å². The van der Waals surface area contributed by atoms with Crippen LogP contribution in [0.5, 0.6) is 5.75 Å². The number of aromatic nitrogens is 1. The van der Waals surface area contributed by atoms with Gasteiger partial charge in [0.1, 0.15) is 17.2 Å². The highest BCUT2D eigenvalue weighted by Crippen LogP contribution is 2.35. The molecule has 1 aliphatic carbocycles. The fraction of sp³-hybridized carbons (Fsp3) is 0.286. The van der Waals surface area contributed by atoms with Crippen LogP contribution < -0.4 is 4.74 Å². The summed E-state index contributed by atoms with van der Waals surface area (Å²) in [6.07, 6.45) is 2.19. The lowest BCUT2D eigenvalue weighted by Crippen LogP contribution is -2.09. The second-order valence-electron chi connectivity index (χ2n) is 4.31. The zero-order chi connectivity index (χ0) is 12.5. The third-order valence-electron chi connectivity index (χ3n) is 3.21. The predicted molar refractivity (Wildman–Crippen MR) is 65.8 cm³/mol. The number of ketones is 1. The van der Waals surface area contributed by atoms with E-state index in [-0.39, 0.29) is 5.78 Å². The Balaban J connectivity index is 2.18. The van der Waals surface area contributed by atoms with Crippen molar-refractivity contribution < 1.29 is 14.1 Å². The Morgan fingerprint density at radius 1 is 1.28 bits per heavy atom. The predicted octanol–water partition coefficient (Wildman–Crippen LogP) is 2.87. The molecular weight excluding hydrogens is 230 g/mol. The topological polar surface area (TPSA) is 52.3 Å². The molecule has 1 aromatic heterocycles. The number of Topliss-reactive ketones (excluding diaryl/α,β-unsaturated/α-hetero) is 1. The minimum Gasteiger partial charge on any atom is -0.496 e. The molecule has 0 amide bonds. The smallest absolute Gasteiger partial charge is 0.168 e. The van der Waals surface area contributed by atoms with Crippen molar-refractivity contribution >= 4 is 5.78 Å². The second-order valence-corrected chi connectivity index (χ2v) is 4.31. The van der Waals surface area contributed by atoms with E-state index >= 15 is 0 Å². The summed E-state index contributed by atoms with van der Waals surface area (Å²) in [4.78, 5) is 12.0. The highest BCUT2D eigenvalue weighted by Gasteiger charge is 2.28. The number of fused-ring (bicyclic) bond motifs is 1. The molecule has 92 valence electrons. The molecular formula is C14H13NO3. The molecule has 0 spiro atoms. The van der Waals surface area contributed by atoms with E-state index in [2.05, 4.69) is 5.16 Å². The molecule has 2 aromatic rings. The van der Waals surface area contributed by atoms with Gasteiger partial charge >= 0.3 is 0 Å². The molecule has 0 N–H and O–H groups in total. The molecule has 1 heterocycles. The van der Waals surface area contributed by atoms with Crippen molar-refractivity contribution in [2.75, 3.05) is 7.11 Å². The minimum atomic E-state index is 0.110. The number of para-hydroxylation sites is 1. The first-order valence-electron chi connectivity index (χ1n) is 5.96. The van der Waals surface area contributed by atoms with Crippen LogP contribution in [0.3, 0.4) is 0 Å². The van der Waals surface area contributed by atoms with E-state index in [1.165, 1.54) is 0 Å². The summed E-state index contributed by atoms with van der Waals surface area (Å²) in [5.41, 5.74) is 2.04. The van der Waals surface area contributed by atoms with Crippen molar-refractivity contribution in [1.29, 1.82) is 0 Å². The molecule has 1 aliphatic rings. The van der Waals surface area contributed by atoms with Crippen molar-refractivity contribution in [3.63, 3.8) is 0 Å². The molecule has 0 aliphatic heterocycles. The van der Waals surface area contributed by atoms with Gasteiger partial charge in [0.25, 0.3) is 0 Å². The zero-order valence-corrected chi connectivity index (χ0v) is 10.1. The molecule has 0 radical (unpaired) electrons. The maximum absolute atomic E-state index is 12.0. The maximum atomic E-state index is 12.0. The summed E-state index contributed by atoms with van der Waals surface area (Å²) in [7, 11) is 1.60. The van der Waals surface area contributed by atoms with Gasteiger partial charge in [0.05, 0.1) is 12.7 Å². The highest BCUT2D eigenvalue weighted by molar-refractivity contribution is 6.03. The Labute approximate surface area is 105 Å². The quantitative estimate of drug-likeness (QED) is 0.813. The molecule has 0 unspecified atom stereocenters. The Bertz CT molecular complexity index is 601. The normalized spacial score (nSPS) is 14.4. The molecule has 0 atom stereocenters. The van der Waals surface area contributed by atoms with Gasteiger partial charge in [-0.05, 0) is 18.6 Å². The fourth-order valence-corrected chi connectivity index (χ4v) is 2.34. The van der Waals surface area contributed by atoms with E-state index in [9.17, 15) is 4.79 Å². The Kier molecular flexibility index (Phi) is 2.63. The summed E-state index contributed by atoms with van der Waals surface area (Å²) >= 11 is 0. The van der Waals surface area contributed by atoms with Gasteiger partial charge in [-0.25, -0.2) is 0 Å². The van der Waals surface area contributed by atoms with Gasteiger partial charge in [0.2, 0.25) is 0 Å². The van der Waals surface area contributed by atoms with Crippen LogP contribution in [0.15, 0.2) is 28.8 Å². The van der Waals surface area contributed by atoms with Gasteiger partial charge in [-0.2, -0.15) is 0 Å². The molecule has 0 saturated carbocycles. The lowest BCUT2D eigenvalue weighted by molar-refractivity contribution is 0.0969. The van der Waals surface area contributed by atoms with Crippen LogP contribution in [0, 0.1) is 0 Å². The van der Waals surface area contributed by atoms with Gasteiger partial charge in [0.15, 0.2) is 5.78 Å². The average molecular weight is 243 g/mol. The largest absolute Gasteiger partial charge is 0.496 e. The fourth-order valence-electron chi connectivity index (χ4n) is 2.34. The Morgan fingerprint density at radius 3 is 2.94 bits per heavy atom. The van der Waals surface area contributed by atoms with Crippen molar-refractivity contribution in [1.82, 2.24) is 5.16 Å². The van der Waals surface area contributed by atoms with Gasteiger partial charge in [0, 0.05) is 18.4 Å². The number of methoxy groups -OCH3 is 1. The lowest BCUT2D eigenvalue weighted by atomic mass is 9.93. The molecule has 4 nitrogen and oxygen atoms in total. The number of hydrogen-bond donors (Lipinski definition) is 0. The van der Waals surface area contributed by atoms with Crippen LogP contribution >= 0.6 is 0 Å². The van der Waals surface area contributed by atoms with Crippen LogP contribution in [0.4, 0.5) is 0 Å². The highest BCUT2D eigenvalue weighted by atomic mass is 16.5. The van der Waals surface area contributed by atoms with Crippen LogP contribution in [-0.2, 0) is 6.42 Å². The number of rotatable bonds is 2. The van der Waals surface area contributed by atoms with Crippen molar-refractivity contribution in [3.8, 4) is 17.0 Å². The van der Waals surface area contributed by atoms with Gasteiger partial charge in [-0.1, -0.05) is 17.3 Å². The Morgan fingerprint density at radius 2 is 2.11 bits per heavy atom. The van der Waals surface area contributed by atoms with E-state index in [1.807, 2.05) is 24.3 Å². The third-order valence-corrected chi connectivity index (χ3v) is 3.21. The molecule has 1 aromatic carbocycles. The van der Waals surface area contributed by atoms with Crippen LogP contribution in [0.25, 0.3) is 11.3 Å². The van der Waals surface area contributed by atoms with Gasteiger partial charge < -0.3 is 9.26 Å². The van der Waals surface area contributed by atoms with Crippen LogP contribution in [0.1, 0.15) is 29.0 Å². The summed E-state index contributed by atoms with van der Waals surface area (Å²) in [5, 5.41) is 4.05. The van der Waals surface area contributed by atoms with Crippen molar-refractivity contribution in [2.24, 2.45) is 0 Å². The maximum Gasteiger partial charge on any atom is 0.168 e. The van der Waals surface area contributed by atoms with Gasteiger partial charge in [-0.15, -0.1) is 0 Å². The summed E-state index contributed by atoms with van der Waals surface area (Å²) < 4.78 is 10.6. The van der Waals surface area contributed by atoms with E-state index in [0.29, 0.717) is 29.2 Å². The van der Waals surface area contributed by atoms with E-state index in [1.54, 1.807) is 7.11 Å². The molecule has 4 heteroatoms. The van der Waals surface area contributed by atoms with Crippen molar-refractivity contribution in [2.45, 2.75) is 19.3 Å². The number of hydrogen-bond acceptors (Lipinski definition) is 4. The van der Waals surface area contributed by atoms with Crippen molar-refractivity contribution in [3.05, 3.63) is 35.6 Å². The number of aryl methyl sites for hydroxylation is 1. The zero-order valence-electron chi connectivity index (χ0n) is 10.1. The summed E-state index contributed by atoms with van der Waals surface area (Å²) in [6, 6.07) is 7.52. The molecule has 0 fully saturated rings. The number of nitrogens with zero attached hydrogens (tertiary/aromatic N) is 1. The standard InChI is InChI=1S/C14H13NO3/c1-17-11-7-3-2-5-9(11)14-13-10(16)6-4-8-12(13)18-15-14/h2-3,5,7H,4,6,8H2,1H3. The number of ether oxygens (including phenoxy) is 1. The van der Waals surface area contributed by atoms with Crippen LogP contribution in [-0.4, -0.2) is 18.0 Å². The number of carbonyl (C=O) groups is 1. The van der Waals surface area contributed by atoms with Gasteiger partial charge in [-0.3, -0.25) is 4.79 Å². The molecule has 0 saturated heterocycles. The monoisotopic (exact) mass is 243 g/mol. The van der Waals surface area contributed by atoms with E-state index in [0.717, 1.165) is 18.4 Å². The first-order chi connectivity index (χ1) is 8.81. The van der Waals surface area contributed by atoms with Crippen LogP contribution in [0.2, 0.25) is 0 Å². The molecule has 0 bridgehead atoms. The third kappa shape index (κ3) is 1.61. The first-order valence-corrected chi connectivity index (χ1v) is 5.96. The second kappa shape index (κ2) is 4.29. The average Bonchev–Trinajstić information content (AvgIpc) is 2.84. The first kappa shape index (κ1) is 11.0. The van der Waals surface area contributed by atoms with E-state index in [4.69, 9.17) is 9.26 Å². The lowest BCUT2D eigenvalue weighted by Gasteiger charge is -2.10. The molecule has 18 heavy (non-hydrogen) atoms. The molecule has 3 rings (SSSR count).